The quantitative estimate of drug-likeness (QED) is 0.648. The fourth-order valence-corrected chi connectivity index (χ4v) is 2.09. The number of hydrogen-bond donors (Lipinski definition) is 3. The number of carbonyl (C=O) groups excluding carboxylic acids is 1. The zero-order chi connectivity index (χ0) is 14.0. The zero-order valence-electron chi connectivity index (χ0n) is 10.8. The first-order chi connectivity index (χ1) is 8.99. The Hall–Kier alpha value is -1.67. The van der Waals surface area contributed by atoms with Crippen molar-refractivity contribution in [1.29, 1.82) is 0 Å². The number of amides is 1. The van der Waals surface area contributed by atoms with Crippen LogP contribution in [0.25, 0.3) is 0 Å². The third-order valence-electron chi connectivity index (χ3n) is 3.34. The topological polar surface area (TPSA) is 132 Å². The Bertz CT molecular complexity index is 447. The molecule has 1 aromatic rings. The monoisotopic (exact) mass is 269 g/mol. The maximum atomic E-state index is 11.2. The summed E-state index contributed by atoms with van der Waals surface area (Å²) in [5.74, 6) is 0.0680. The smallest absolute Gasteiger partial charge is 0.266 e. The minimum atomic E-state index is -0.770. The van der Waals surface area contributed by atoms with Crippen molar-refractivity contribution in [1.82, 2.24) is 10.1 Å². The van der Waals surface area contributed by atoms with E-state index in [1.165, 1.54) is 0 Å². The number of aromatic nitrogens is 2. The van der Waals surface area contributed by atoms with Crippen LogP contribution in [0, 0.1) is 5.92 Å². The Kier molecular flexibility index (Phi) is 4.01. The number of aliphatic hydroxyl groups excluding tert-OH is 1. The molecule has 106 valence electrons. The average Bonchev–Trinajstić information content (AvgIpc) is 2.87. The van der Waals surface area contributed by atoms with Gasteiger partial charge in [-0.3, -0.25) is 4.79 Å². The lowest BCUT2D eigenvalue weighted by molar-refractivity contribution is -0.122. The molecule has 1 aromatic heterocycles. The van der Waals surface area contributed by atoms with Crippen LogP contribution in [0.5, 0.6) is 0 Å². The first-order valence-electron chi connectivity index (χ1n) is 6.30. The number of hydrogen-bond acceptors (Lipinski definition) is 7. The van der Waals surface area contributed by atoms with Crippen molar-refractivity contribution < 1.29 is 14.4 Å². The van der Waals surface area contributed by atoms with Gasteiger partial charge in [-0.25, -0.2) is 0 Å². The second-order valence-corrected chi connectivity index (χ2v) is 4.89. The highest BCUT2D eigenvalue weighted by atomic mass is 16.5. The van der Waals surface area contributed by atoms with Gasteiger partial charge in [0.1, 0.15) is 6.04 Å². The van der Waals surface area contributed by atoms with Crippen molar-refractivity contribution in [2.45, 2.75) is 31.9 Å². The van der Waals surface area contributed by atoms with Crippen LogP contribution in [0.3, 0.4) is 0 Å². The van der Waals surface area contributed by atoms with Gasteiger partial charge in [0.25, 0.3) is 5.95 Å². The normalized spacial score (nSPS) is 23.1. The fourth-order valence-electron chi connectivity index (χ4n) is 2.09. The molecule has 0 bridgehead atoms. The number of primary amides is 1. The third-order valence-corrected chi connectivity index (χ3v) is 3.34. The molecule has 3 atom stereocenters. The Labute approximate surface area is 110 Å². The van der Waals surface area contributed by atoms with Crippen molar-refractivity contribution in [3.05, 3.63) is 5.89 Å². The summed E-state index contributed by atoms with van der Waals surface area (Å²) < 4.78 is 5.03. The van der Waals surface area contributed by atoms with Crippen LogP contribution in [-0.4, -0.2) is 40.3 Å². The first-order valence-corrected chi connectivity index (χ1v) is 6.30. The average molecular weight is 269 g/mol. The molecule has 1 aliphatic rings. The van der Waals surface area contributed by atoms with Gasteiger partial charge >= 0.3 is 0 Å². The highest BCUT2D eigenvalue weighted by molar-refractivity contribution is 5.77. The van der Waals surface area contributed by atoms with Gasteiger partial charge in [-0.05, 0) is 24.9 Å². The van der Waals surface area contributed by atoms with Crippen molar-refractivity contribution in [3.8, 4) is 0 Å². The van der Waals surface area contributed by atoms with E-state index in [1.807, 2.05) is 4.90 Å². The predicted octanol–water partition coefficient (Wildman–Crippen LogP) is -0.848. The molecule has 0 spiro atoms. The van der Waals surface area contributed by atoms with Gasteiger partial charge in [0.15, 0.2) is 0 Å². The van der Waals surface area contributed by atoms with E-state index in [2.05, 4.69) is 10.1 Å². The summed E-state index contributed by atoms with van der Waals surface area (Å²) in [6.07, 6.45) is 0.858. The summed E-state index contributed by atoms with van der Waals surface area (Å²) in [5, 5.41) is 13.2. The van der Waals surface area contributed by atoms with Crippen LogP contribution in [0.1, 0.15) is 31.7 Å². The highest BCUT2D eigenvalue weighted by Gasteiger charge is 2.28. The van der Waals surface area contributed by atoms with E-state index >= 15 is 0 Å². The number of carbonyl (C=O) groups is 1. The Morgan fingerprint density at radius 1 is 1.63 bits per heavy atom. The van der Waals surface area contributed by atoms with Gasteiger partial charge in [-0.2, -0.15) is 4.98 Å². The molecule has 1 fully saturated rings. The standard InChI is InChI=1S/C11H19N5O3/c1-6(17)8(12)10-14-11(15-19-10)16-4-2-3-7(5-16)9(13)18/h6-8,17H,2-5,12H2,1H3,(H2,13,18)/t6-,7?,8+/m1/s1. The maximum Gasteiger partial charge on any atom is 0.266 e. The minimum Gasteiger partial charge on any atom is -0.391 e. The summed E-state index contributed by atoms with van der Waals surface area (Å²) in [5.41, 5.74) is 11.0. The molecular weight excluding hydrogens is 250 g/mol. The van der Waals surface area contributed by atoms with E-state index in [4.69, 9.17) is 16.0 Å². The SMILES string of the molecule is C[C@@H](O)[C@H](N)c1nc(N2CCCC(C(N)=O)C2)no1. The summed E-state index contributed by atoms with van der Waals surface area (Å²) >= 11 is 0. The molecule has 0 radical (unpaired) electrons. The maximum absolute atomic E-state index is 11.2. The summed E-state index contributed by atoms with van der Waals surface area (Å²) in [6.45, 7) is 2.78. The van der Waals surface area contributed by atoms with E-state index in [0.717, 1.165) is 19.4 Å². The highest BCUT2D eigenvalue weighted by Crippen LogP contribution is 2.22. The van der Waals surface area contributed by atoms with E-state index in [-0.39, 0.29) is 17.7 Å². The van der Waals surface area contributed by atoms with Crippen LogP contribution >= 0.6 is 0 Å². The lowest BCUT2D eigenvalue weighted by atomic mass is 9.98. The van der Waals surface area contributed by atoms with Crippen molar-refractivity contribution in [2.75, 3.05) is 18.0 Å². The Morgan fingerprint density at radius 3 is 3.00 bits per heavy atom. The number of rotatable bonds is 4. The minimum absolute atomic E-state index is 0.186. The lowest BCUT2D eigenvalue weighted by Gasteiger charge is -2.29. The van der Waals surface area contributed by atoms with Gasteiger partial charge in [-0.1, -0.05) is 0 Å². The van der Waals surface area contributed by atoms with Gasteiger partial charge in [0.2, 0.25) is 11.8 Å². The van der Waals surface area contributed by atoms with E-state index < -0.39 is 12.1 Å². The number of nitrogens with zero attached hydrogens (tertiary/aromatic N) is 3. The van der Waals surface area contributed by atoms with Gasteiger partial charge < -0.3 is 26.0 Å². The Balaban J connectivity index is 2.08. The number of aliphatic hydroxyl groups is 1. The van der Waals surface area contributed by atoms with E-state index in [0.29, 0.717) is 12.5 Å². The molecule has 0 aliphatic carbocycles. The molecule has 5 N–H and O–H groups in total. The van der Waals surface area contributed by atoms with Crippen LogP contribution in [0.2, 0.25) is 0 Å². The molecule has 1 amide bonds. The first kappa shape index (κ1) is 13.8. The number of piperidine rings is 1. The summed E-state index contributed by atoms with van der Waals surface area (Å²) in [7, 11) is 0. The molecule has 8 nitrogen and oxygen atoms in total. The van der Waals surface area contributed by atoms with E-state index in [1.54, 1.807) is 6.92 Å². The molecule has 1 aliphatic heterocycles. The molecular formula is C11H19N5O3. The summed E-state index contributed by atoms with van der Waals surface area (Å²) in [6, 6.07) is -0.710. The summed E-state index contributed by atoms with van der Waals surface area (Å²) in [4.78, 5) is 17.2. The predicted molar refractivity (Wildman–Crippen MR) is 67.0 cm³/mol. The molecule has 2 rings (SSSR count). The van der Waals surface area contributed by atoms with Gasteiger partial charge in [0, 0.05) is 13.1 Å². The second kappa shape index (κ2) is 5.54. The van der Waals surface area contributed by atoms with Gasteiger partial charge in [0.05, 0.1) is 12.0 Å². The van der Waals surface area contributed by atoms with E-state index in [9.17, 15) is 9.90 Å². The van der Waals surface area contributed by atoms with Crippen LogP contribution in [0.4, 0.5) is 5.95 Å². The van der Waals surface area contributed by atoms with Crippen LogP contribution in [0.15, 0.2) is 4.52 Å². The fraction of sp³-hybridized carbons (Fsp3) is 0.727. The zero-order valence-corrected chi connectivity index (χ0v) is 10.8. The number of nitrogens with two attached hydrogens (primary N) is 2. The van der Waals surface area contributed by atoms with Crippen molar-refractivity contribution >= 4 is 11.9 Å². The Morgan fingerprint density at radius 2 is 2.37 bits per heavy atom. The molecule has 8 heteroatoms. The molecule has 1 unspecified atom stereocenters. The molecule has 0 saturated carbocycles. The molecule has 0 aromatic carbocycles. The number of anilines is 1. The molecule has 2 heterocycles. The van der Waals surface area contributed by atoms with Crippen LogP contribution in [-0.2, 0) is 4.79 Å². The molecule has 1 saturated heterocycles. The van der Waals surface area contributed by atoms with Crippen molar-refractivity contribution in [2.24, 2.45) is 17.4 Å². The second-order valence-electron chi connectivity index (χ2n) is 4.89. The largest absolute Gasteiger partial charge is 0.391 e. The van der Waals surface area contributed by atoms with Crippen LogP contribution < -0.4 is 16.4 Å². The molecule has 19 heavy (non-hydrogen) atoms. The third kappa shape index (κ3) is 3.02. The van der Waals surface area contributed by atoms with Gasteiger partial charge in [-0.15, -0.1) is 0 Å². The van der Waals surface area contributed by atoms with Crippen molar-refractivity contribution in [3.63, 3.8) is 0 Å². The lowest BCUT2D eigenvalue weighted by Crippen LogP contribution is -2.41.